The summed E-state index contributed by atoms with van der Waals surface area (Å²) in [6.07, 6.45) is 5.76. The van der Waals surface area contributed by atoms with Gasteiger partial charge in [0.25, 0.3) is 0 Å². The van der Waals surface area contributed by atoms with Crippen molar-refractivity contribution in [3.05, 3.63) is 24.4 Å². The van der Waals surface area contributed by atoms with Crippen molar-refractivity contribution in [2.24, 2.45) is 11.8 Å². The summed E-state index contributed by atoms with van der Waals surface area (Å²) >= 11 is 0. The first-order chi connectivity index (χ1) is 8.74. The number of hydrogen-bond acceptors (Lipinski definition) is 2. The summed E-state index contributed by atoms with van der Waals surface area (Å²) in [6.45, 7) is 4.74. The Hall–Kier alpha value is -1.51. The van der Waals surface area contributed by atoms with Gasteiger partial charge in [0, 0.05) is 11.4 Å². The lowest BCUT2D eigenvalue weighted by Crippen LogP contribution is -2.30. The van der Waals surface area contributed by atoms with Crippen LogP contribution in [0.2, 0.25) is 0 Å². The van der Waals surface area contributed by atoms with E-state index in [2.05, 4.69) is 47.6 Å². The van der Waals surface area contributed by atoms with Crippen molar-refractivity contribution in [1.29, 1.82) is 0 Å². The van der Waals surface area contributed by atoms with Crippen LogP contribution in [-0.4, -0.2) is 16.2 Å². The molecule has 1 saturated carbocycles. The maximum atomic E-state index is 4.12. The maximum absolute atomic E-state index is 4.12. The van der Waals surface area contributed by atoms with Crippen LogP contribution < -0.4 is 5.32 Å². The Morgan fingerprint density at radius 1 is 1.22 bits per heavy atom. The highest BCUT2D eigenvalue weighted by Gasteiger charge is 2.24. The Bertz CT molecular complexity index is 531. The van der Waals surface area contributed by atoms with Gasteiger partial charge in [0.15, 0.2) is 0 Å². The molecule has 1 heterocycles. The van der Waals surface area contributed by atoms with Gasteiger partial charge in [-0.3, -0.25) is 5.10 Å². The van der Waals surface area contributed by atoms with Gasteiger partial charge in [-0.1, -0.05) is 26.0 Å². The van der Waals surface area contributed by atoms with E-state index >= 15 is 0 Å². The summed E-state index contributed by atoms with van der Waals surface area (Å²) in [6, 6.07) is 6.93. The number of aromatic nitrogens is 2. The lowest BCUT2D eigenvalue weighted by molar-refractivity contribution is 0.261. The Morgan fingerprint density at radius 2 is 2.11 bits per heavy atom. The largest absolute Gasteiger partial charge is 0.381 e. The highest BCUT2D eigenvalue weighted by Crippen LogP contribution is 2.32. The highest BCUT2D eigenvalue weighted by atomic mass is 15.1. The second-order valence-corrected chi connectivity index (χ2v) is 5.75. The summed E-state index contributed by atoms with van der Waals surface area (Å²) in [5, 5.41) is 12.1. The molecule has 1 aliphatic carbocycles. The second kappa shape index (κ2) is 4.63. The number of anilines is 1. The van der Waals surface area contributed by atoms with E-state index in [1.165, 1.54) is 30.3 Å². The number of benzene rings is 1. The van der Waals surface area contributed by atoms with E-state index in [-0.39, 0.29) is 0 Å². The van der Waals surface area contributed by atoms with Gasteiger partial charge in [-0.15, -0.1) is 0 Å². The van der Waals surface area contributed by atoms with Crippen LogP contribution in [-0.2, 0) is 0 Å². The van der Waals surface area contributed by atoms with Crippen molar-refractivity contribution in [3.63, 3.8) is 0 Å². The molecule has 1 aromatic heterocycles. The third-order valence-electron chi connectivity index (χ3n) is 4.43. The molecule has 0 saturated heterocycles. The predicted molar refractivity (Wildman–Crippen MR) is 75.7 cm³/mol. The molecule has 0 spiro atoms. The molecule has 0 bridgehead atoms. The summed E-state index contributed by atoms with van der Waals surface area (Å²) in [4.78, 5) is 0. The van der Waals surface area contributed by atoms with E-state index in [4.69, 9.17) is 0 Å². The van der Waals surface area contributed by atoms with E-state index < -0.39 is 0 Å². The van der Waals surface area contributed by atoms with Gasteiger partial charge in [0.1, 0.15) is 0 Å². The molecule has 1 aromatic carbocycles. The number of aromatic amines is 1. The second-order valence-electron chi connectivity index (χ2n) is 5.75. The van der Waals surface area contributed by atoms with Crippen LogP contribution in [0.3, 0.4) is 0 Å². The highest BCUT2D eigenvalue weighted by molar-refractivity contribution is 5.89. The van der Waals surface area contributed by atoms with Gasteiger partial charge in [0.05, 0.1) is 17.4 Å². The molecule has 0 aliphatic heterocycles. The fraction of sp³-hybridized carbons (Fsp3) is 0.533. The number of hydrogen-bond donors (Lipinski definition) is 2. The Kier molecular flexibility index (Phi) is 2.98. The minimum absolute atomic E-state index is 0.602. The Morgan fingerprint density at radius 3 is 2.94 bits per heavy atom. The molecule has 3 nitrogen and oxygen atoms in total. The van der Waals surface area contributed by atoms with Gasteiger partial charge < -0.3 is 5.32 Å². The summed E-state index contributed by atoms with van der Waals surface area (Å²) in [5.41, 5.74) is 2.32. The first kappa shape index (κ1) is 11.6. The van der Waals surface area contributed by atoms with Gasteiger partial charge in [-0.25, -0.2) is 0 Å². The van der Waals surface area contributed by atoms with Crippen molar-refractivity contribution in [2.45, 2.75) is 39.2 Å². The average Bonchev–Trinajstić information content (AvgIpc) is 2.83. The summed E-state index contributed by atoms with van der Waals surface area (Å²) < 4.78 is 0. The third-order valence-corrected chi connectivity index (χ3v) is 4.43. The van der Waals surface area contributed by atoms with Crippen LogP contribution in [0, 0.1) is 11.8 Å². The van der Waals surface area contributed by atoms with Crippen molar-refractivity contribution < 1.29 is 0 Å². The topological polar surface area (TPSA) is 40.7 Å². The van der Waals surface area contributed by atoms with Crippen molar-refractivity contribution in [1.82, 2.24) is 10.2 Å². The fourth-order valence-corrected chi connectivity index (χ4v) is 2.99. The molecule has 18 heavy (non-hydrogen) atoms. The number of nitrogens with zero attached hydrogens (tertiary/aromatic N) is 1. The Balaban J connectivity index is 1.78. The van der Waals surface area contributed by atoms with Gasteiger partial charge in [0.2, 0.25) is 0 Å². The SMILES string of the molecule is CC1CCC(Nc2cccc3cn[nH]c23)CC1C. The van der Waals surface area contributed by atoms with E-state index in [0.29, 0.717) is 6.04 Å². The molecular weight excluding hydrogens is 222 g/mol. The van der Waals surface area contributed by atoms with Crippen molar-refractivity contribution in [2.75, 3.05) is 5.32 Å². The molecule has 3 heteroatoms. The molecule has 2 aromatic rings. The van der Waals surface area contributed by atoms with E-state index in [1.807, 2.05) is 6.20 Å². The Labute approximate surface area is 108 Å². The summed E-state index contributed by atoms with van der Waals surface area (Å²) in [5.74, 6) is 1.68. The lowest BCUT2D eigenvalue weighted by Gasteiger charge is -2.33. The first-order valence-electron chi connectivity index (χ1n) is 6.92. The van der Waals surface area contributed by atoms with Crippen LogP contribution in [0.1, 0.15) is 33.1 Å². The molecule has 3 rings (SSSR count). The molecule has 0 amide bonds. The molecule has 2 N–H and O–H groups in total. The number of para-hydroxylation sites is 1. The van der Waals surface area contributed by atoms with Crippen LogP contribution >= 0.6 is 0 Å². The molecule has 96 valence electrons. The maximum Gasteiger partial charge on any atom is 0.0881 e. The fourth-order valence-electron chi connectivity index (χ4n) is 2.99. The lowest BCUT2D eigenvalue weighted by atomic mass is 9.79. The van der Waals surface area contributed by atoms with Crippen LogP contribution in [0.25, 0.3) is 10.9 Å². The molecule has 3 atom stereocenters. The minimum Gasteiger partial charge on any atom is -0.381 e. The van der Waals surface area contributed by atoms with Crippen molar-refractivity contribution in [3.8, 4) is 0 Å². The number of nitrogens with one attached hydrogen (secondary N) is 2. The van der Waals surface area contributed by atoms with E-state index in [9.17, 15) is 0 Å². The average molecular weight is 243 g/mol. The van der Waals surface area contributed by atoms with Gasteiger partial charge in [-0.05, 0) is 37.2 Å². The monoisotopic (exact) mass is 243 g/mol. The molecule has 0 radical (unpaired) electrons. The quantitative estimate of drug-likeness (QED) is 0.842. The van der Waals surface area contributed by atoms with E-state index in [1.54, 1.807) is 0 Å². The standard InChI is InChI=1S/C15H21N3/c1-10-6-7-13(8-11(10)2)17-14-5-3-4-12-9-16-18-15(12)14/h3-5,9-11,13,17H,6-8H2,1-2H3,(H,16,18). The number of H-pyrrole nitrogens is 1. The third kappa shape index (κ3) is 2.09. The van der Waals surface area contributed by atoms with Crippen LogP contribution in [0.15, 0.2) is 24.4 Å². The smallest absolute Gasteiger partial charge is 0.0881 e. The van der Waals surface area contributed by atoms with Gasteiger partial charge >= 0.3 is 0 Å². The number of fused-ring (bicyclic) bond motifs is 1. The molecule has 1 fully saturated rings. The molecular formula is C15H21N3. The summed E-state index contributed by atoms with van der Waals surface area (Å²) in [7, 11) is 0. The zero-order valence-corrected chi connectivity index (χ0v) is 11.1. The van der Waals surface area contributed by atoms with Gasteiger partial charge in [-0.2, -0.15) is 5.10 Å². The van der Waals surface area contributed by atoms with Crippen LogP contribution in [0.5, 0.6) is 0 Å². The normalized spacial score (nSPS) is 28.4. The molecule has 1 aliphatic rings. The zero-order chi connectivity index (χ0) is 12.5. The predicted octanol–water partition coefficient (Wildman–Crippen LogP) is 3.80. The minimum atomic E-state index is 0.602. The van der Waals surface area contributed by atoms with E-state index in [0.717, 1.165) is 17.4 Å². The van der Waals surface area contributed by atoms with Crippen molar-refractivity contribution >= 4 is 16.6 Å². The zero-order valence-electron chi connectivity index (χ0n) is 11.1. The molecule has 3 unspecified atom stereocenters. The number of rotatable bonds is 2. The van der Waals surface area contributed by atoms with Crippen LogP contribution in [0.4, 0.5) is 5.69 Å². The first-order valence-corrected chi connectivity index (χ1v) is 6.92.